The summed E-state index contributed by atoms with van der Waals surface area (Å²) in [5.41, 5.74) is 2.54. The third kappa shape index (κ3) is 3.61. The summed E-state index contributed by atoms with van der Waals surface area (Å²) in [6.45, 7) is 2.68. The van der Waals surface area contributed by atoms with Gasteiger partial charge in [0.2, 0.25) is 5.91 Å². The Kier molecular flexibility index (Phi) is 4.96. The van der Waals surface area contributed by atoms with Gasteiger partial charge in [0.25, 0.3) is 5.91 Å². The number of benzene rings is 1. The lowest BCUT2D eigenvalue weighted by Crippen LogP contribution is -2.32. The molecule has 0 bridgehead atoms. The average Bonchev–Trinajstić information content (AvgIpc) is 2.48. The highest BCUT2D eigenvalue weighted by Crippen LogP contribution is 2.27. The molecule has 21 heavy (non-hydrogen) atoms. The van der Waals surface area contributed by atoms with Crippen molar-refractivity contribution in [2.75, 3.05) is 25.1 Å². The summed E-state index contributed by atoms with van der Waals surface area (Å²) in [7, 11) is 1.76. The highest BCUT2D eigenvalue weighted by atomic mass is 16.3. The average molecular weight is 290 g/mol. The van der Waals surface area contributed by atoms with Gasteiger partial charge < -0.3 is 15.3 Å². The van der Waals surface area contributed by atoms with E-state index in [-0.39, 0.29) is 24.3 Å². The third-order valence-electron chi connectivity index (χ3n) is 3.92. The molecule has 1 heterocycles. The number of nitrogens with one attached hydrogen (secondary N) is 1. The van der Waals surface area contributed by atoms with Crippen molar-refractivity contribution in [3.8, 4) is 0 Å². The normalized spacial score (nSPS) is 15.6. The maximum atomic E-state index is 12.1. The van der Waals surface area contributed by atoms with Crippen LogP contribution in [-0.4, -0.2) is 37.1 Å². The second-order valence-corrected chi connectivity index (χ2v) is 5.62. The first-order valence-corrected chi connectivity index (χ1v) is 7.31. The Morgan fingerprint density at radius 2 is 2.19 bits per heavy atom. The minimum atomic E-state index is -0.109. The maximum absolute atomic E-state index is 12.1. The van der Waals surface area contributed by atoms with Gasteiger partial charge in [-0.25, -0.2) is 0 Å². The van der Waals surface area contributed by atoms with Gasteiger partial charge in [0.1, 0.15) is 0 Å². The summed E-state index contributed by atoms with van der Waals surface area (Å²) in [5, 5.41) is 11.7. The van der Waals surface area contributed by atoms with Crippen LogP contribution >= 0.6 is 0 Å². The van der Waals surface area contributed by atoms with Crippen molar-refractivity contribution in [3.63, 3.8) is 0 Å². The molecule has 5 nitrogen and oxygen atoms in total. The molecule has 0 fully saturated rings. The van der Waals surface area contributed by atoms with Gasteiger partial charge in [-0.3, -0.25) is 9.59 Å². The van der Waals surface area contributed by atoms with E-state index < -0.39 is 0 Å². The predicted octanol–water partition coefficient (Wildman–Crippen LogP) is 1.34. The van der Waals surface area contributed by atoms with Crippen LogP contribution < -0.4 is 10.2 Å². The number of rotatable bonds is 5. The standard InChI is InChI=1S/C16H22N2O3/c1-11(7-8-19)10-17-16(21)13-3-5-14-12(9-13)4-6-15(20)18(14)2/h3,5,9,11,19H,4,6-8,10H2,1-2H3,(H,17,21). The molecular weight excluding hydrogens is 268 g/mol. The first-order valence-electron chi connectivity index (χ1n) is 7.31. The number of anilines is 1. The van der Waals surface area contributed by atoms with Gasteiger partial charge in [0.15, 0.2) is 0 Å². The summed E-state index contributed by atoms with van der Waals surface area (Å²) in [6.07, 6.45) is 1.85. The Hall–Kier alpha value is -1.88. The number of fused-ring (bicyclic) bond motifs is 1. The zero-order valence-corrected chi connectivity index (χ0v) is 12.6. The Bertz CT molecular complexity index is 542. The van der Waals surface area contributed by atoms with Crippen LogP contribution in [0.3, 0.4) is 0 Å². The molecule has 0 aromatic heterocycles. The van der Waals surface area contributed by atoms with Crippen LogP contribution in [0, 0.1) is 5.92 Å². The SMILES string of the molecule is CC(CCO)CNC(=O)c1ccc2c(c1)CCC(=O)N2C. The predicted molar refractivity (Wildman–Crippen MR) is 81.4 cm³/mol. The number of carbonyl (C=O) groups is 2. The first-order chi connectivity index (χ1) is 10.0. The van der Waals surface area contributed by atoms with Crippen LogP contribution in [0.1, 0.15) is 35.7 Å². The number of nitrogens with zero attached hydrogens (tertiary/aromatic N) is 1. The van der Waals surface area contributed by atoms with Crippen molar-refractivity contribution in [1.82, 2.24) is 5.32 Å². The number of hydrogen-bond acceptors (Lipinski definition) is 3. The number of amides is 2. The Balaban J connectivity index is 2.05. The molecule has 1 atom stereocenters. The van der Waals surface area contributed by atoms with E-state index in [1.807, 2.05) is 19.1 Å². The van der Waals surface area contributed by atoms with Crippen molar-refractivity contribution in [3.05, 3.63) is 29.3 Å². The van der Waals surface area contributed by atoms with E-state index in [4.69, 9.17) is 5.11 Å². The van der Waals surface area contributed by atoms with E-state index in [0.717, 1.165) is 11.3 Å². The largest absolute Gasteiger partial charge is 0.396 e. The van der Waals surface area contributed by atoms with Gasteiger partial charge in [0, 0.05) is 37.9 Å². The molecule has 1 aliphatic heterocycles. The summed E-state index contributed by atoms with van der Waals surface area (Å²) in [4.78, 5) is 25.4. The lowest BCUT2D eigenvalue weighted by atomic mass is 9.99. The maximum Gasteiger partial charge on any atom is 0.251 e. The van der Waals surface area contributed by atoms with E-state index >= 15 is 0 Å². The fraction of sp³-hybridized carbons (Fsp3) is 0.500. The summed E-state index contributed by atoms with van der Waals surface area (Å²) < 4.78 is 0. The fourth-order valence-electron chi connectivity index (χ4n) is 2.49. The number of aliphatic hydroxyl groups excluding tert-OH is 1. The smallest absolute Gasteiger partial charge is 0.251 e. The lowest BCUT2D eigenvalue weighted by Gasteiger charge is -2.26. The molecule has 0 spiro atoms. The molecule has 0 saturated carbocycles. The number of carbonyl (C=O) groups excluding carboxylic acids is 2. The van der Waals surface area contributed by atoms with Crippen LogP contribution in [0.15, 0.2) is 18.2 Å². The highest BCUT2D eigenvalue weighted by molar-refractivity contribution is 5.98. The second-order valence-electron chi connectivity index (χ2n) is 5.62. The zero-order chi connectivity index (χ0) is 15.4. The van der Waals surface area contributed by atoms with E-state index in [0.29, 0.717) is 31.4 Å². The van der Waals surface area contributed by atoms with E-state index in [1.54, 1.807) is 18.0 Å². The monoisotopic (exact) mass is 290 g/mol. The molecule has 5 heteroatoms. The topological polar surface area (TPSA) is 69.6 Å². The zero-order valence-electron chi connectivity index (χ0n) is 12.6. The third-order valence-corrected chi connectivity index (χ3v) is 3.92. The molecular formula is C16H22N2O3. The molecule has 2 amide bonds. The number of hydrogen-bond donors (Lipinski definition) is 2. The lowest BCUT2D eigenvalue weighted by molar-refractivity contribution is -0.118. The molecule has 1 unspecified atom stereocenters. The molecule has 114 valence electrons. The molecule has 1 aromatic rings. The molecule has 2 rings (SSSR count). The van der Waals surface area contributed by atoms with Gasteiger partial charge in [-0.15, -0.1) is 0 Å². The van der Waals surface area contributed by atoms with Gasteiger partial charge in [-0.05, 0) is 42.5 Å². The molecule has 0 aliphatic carbocycles. The van der Waals surface area contributed by atoms with Crippen LogP contribution in [0.4, 0.5) is 5.69 Å². The van der Waals surface area contributed by atoms with Crippen LogP contribution in [0.5, 0.6) is 0 Å². The molecule has 0 saturated heterocycles. The Labute approximate surface area is 125 Å². The summed E-state index contributed by atoms with van der Waals surface area (Å²) in [5.74, 6) is 0.250. The second kappa shape index (κ2) is 6.72. The van der Waals surface area contributed by atoms with E-state index in [2.05, 4.69) is 5.32 Å². The van der Waals surface area contributed by atoms with Crippen molar-refractivity contribution in [1.29, 1.82) is 0 Å². The highest BCUT2D eigenvalue weighted by Gasteiger charge is 2.21. The van der Waals surface area contributed by atoms with Gasteiger partial charge in [-0.1, -0.05) is 6.92 Å². The van der Waals surface area contributed by atoms with Crippen LogP contribution in [-0.2, 0) is 11.2 Å². The minimum Gasteiger partial charge on any atom is -0.396 e. The van der Waals surface area contributed by atoms with Gasteiger partial charge >= 0.3 is 0 Å². The Morgan fingerprint density at radius 1 is 1.43 bits per heavy atom. The van der Waals surface area contributed by atoms with Crippen molar-refractivity contribution in [2.24, 2.45) is 5.92 Å². The summed E-state index contributed by atoms with van der Waals surface area (Å²) >= 11 is 0. The van der Waals surface area contributed by atoms with Crippen LogP contribution in [0.25, 0.3) is 0 Å². The molecule has 1 aliphatic rings. The van der Waals surface area contributed by atoms with E-state index in [9.17, 15) is 9.59 Å². The van der Waals surface area contributed by atoms with E-state index in [1.165, 1.54) is 0 Å². The van der Waals surface area contributed by atoms with Gasteiger partial charge in [-0.2, -0.15) is 0 Å². The fourth-order valence-corrected chi connectivity index (χ4v) is 2.49. The van der Waals surface area contributed by atoms with Crippen molar-refractivity contribution in [2.45, 2.75) is 26.2 Å². The van der Waals surface area contributed by atoms with Crippen LogP contribution in [0.2, 0.25) is 0 Å². The van der Waals surface area contributed by atoms with Crippen molar-refractivity contribution >= 4 is 17.5 Å². The quantitative estimate of drug-likeness (QED) is 0.860. The number of aliphatic hydroxyl groups is 1. The Morgan fingerprint density at radius 3 is 2.90 bits per heavy atom. The number of aryl methyl sites for hydroxylation is 1. The molecule has 2 N–H and O–H groups in total. The minimum absolute atomic E-state index is 0.109. The first kappa shape index (κ1) is 15.5. The molecule has 1 aromatic carbocycles. The van der Waals surface area contributed by atoms with Crippen molar-refractivity contribution < 1.29 is 14.7 Å². The van der Waals surface area contributed by atoms with Gasteiger partial charge in [0.05, 0.1) is 0 Å². The molecule has 0 radical (unpaired) electrons. The summed E-state index contributed by atoms with van der Waals surface area (Å²) in [6, 6.07) is 5.45.